The summed E-state index contributed by atoms with van der Waals surface area (Å²) in [6.45, 7) is 13.4. The second kappa shape index (κ2) is 17.6. The highest BCUT2D eigenvalue weighted by Gasteiger charge is 2.29. The summed E-state index contributed by atoms with van der Waals surface area (Å²) in [5.74, 6) is 0. The van der Waals surface area contributed by atoms with Crippen LogP contribution in [0.15, 0.2) is 0 Å². The van der Waals surface area contributed by atoms with Crippen molar-refractivity contribution in [2.45, 2.75) is 51.8 Å². The highest BCUT2D eigenvalue weighted by Crippen LogP contribution is 2.16. The van der Waals surface area contributed by atoms with Crippen LogP contribution in [0.1, 0.15) is 33.1 Å². The Morgan fingerprint density at radius 3 is 1.79 bits per heavy atom. The monoisotopic (exact) mass is 435 g/mol. The topological polar surface area (TPSA) is 57.6 Å². The molecule has 1 unspecified atom stereocenters. The number of nitrogens with zero attached hydrogens (tertiary/aromatic N) is 3. The highest BCUT2D eigenvalue weighted by molar-refractivity contribution is 6.66. The van der Waals surface area contributed by atoms with Crippen molar-refractivity contribution in [1.82, 2.24) is 14.7 Å². The summed E-state index contributed by atoms with van der Waals surface area (Å²) >= 11 is 0. The predicted molar refractivity (Wildman–Crippen MR) is 124 cm³/mol. The van der Waals surface area contributed by atoms with E-state index < -0.39 is 14.7 Å². The van der Waals surface area contributed by atoms with E-state index in [9.17, 15) is 5.11 Å². The van der Waals surface area contributed by atoms with E-state index in [-0.39, 0.29) is 0 Å². The molecule has 1 atom stereocenters. The van der Waals surface area contributed by atoms with Crippen LogP contribution in [0, 0.1) is 0 Å². The van der Waals surface area contributed by atoms with E-state index in [1.165, 1.54) is 0 Å². The maximum absolute atomic E-state index is 10.4. The fraction of sp³-hybridized carbons (Fsp3) is 1.00. The Bertz CT molecular complexity index is 356. The molecule has 0 aliphatic rings. The Hall–Kier alpha value is -0.0631. The van der Waals surface area contributed by atoms with Gasteiger partial charge in [-0.1, -0.05) is 0 Å². The molecular formula is C21H49N3O4Si. The standard InChI is InChI=1S/C21H49N3O4Si/c1-8-27-29(7,28-9-2)18-12-17-26-20-21(25)19-24(15-10-13-22(3)4)16-11-14-23(5)6/h21,25H,8-20H2,1-7H3. The van der Waals surface area contributed by atoms with Crippen LogP contribution in [-0.4, -0.2) is 122 Å². The van der Waals surface area contributed by atoms with Crippen molar-refractivity contribution < 1.29 is 18.7 Å². The fourth-order valence-electron chi connectivity index (χ4n) is 3.38. The zero-order valence-electron chi connectivity index (χ0n) is 20.3. The minimum atomic E-state index is -2.06. The third-order valence-electron chi connectivity index (χ3n) is 4.76. The van der Waals surface area contributed by atoms with E-state index in [0.717, 1.165) is 51.5 Å². The van der Waals surface area contributed by atoms with Crippen LogP contribution >= 0.6 is 0 Å². The molecule has 0 aromatic carbocycles. The first kappa shape index (κ1) is 28.9. The average molecular weight is 436 g/mol. The Morgan fingerprint density at radius 2 is 1.34 bits per heavy atom. The van der Waals surface area contributed by atoms with Crippen LogP contribution in [0.5, 0.6) is 0 Å². The van der Waals surface area contributed by atoms with Crippen LogP contribution < -0.4 is 0 Å². The Kier molecular flexibility index (Phi) is 17.6. The maximum Gasteiger partial charge on any atom is 0.334 e. The maximum atomic E-state index is 10.4. The van der Waals surface area contributed by atoms with Crippen LogP contribution in [0.3, 0.4) is 0 Å². The highest BCUT2D eigenvalue weighted by atomic mass is 28.4. The molecule has 1 N–H and O–H groups in total. The third kappa shape index (κ3) is 17.3. The molecule has 0 heterocycles. The Balaban J connectivity index is 4.18. The summed E-state index contributed by atoms with van der Waals surface area (Å²) in [6, 6.07) is 0.923. The van der Waals surface area contributed by atoms with Gasteiger partial charge in [-0.05, 0) is 100 Å². The van der Waals surface area contributed by atoms with E-state index in [1.54, 1.807) is 0 Å². The first-order valence-corrected chi connectivity index (χ1v) is 13.8. The number of hydrogen-bond acceptors (Lipinski definition) is 7. The van der Waals surface area contributed by atoms with Crippen molar-refractivity contribution in [2.75, 3.05) is 87.3 Å². The van der Waals surface area contributed by atoms with Gasteiger partial charge in [0.25, 0.3) is 0 Å². The number of ether oxygens (including phenoxy) is 1. The zero-order chi connectivity index (χ0) is 22.1. The molecule has 0 aliphatic heterocycles. The first-order chi connectivity index (χ1) is 13.7. The smallest absolute Gasteiger partial charge is 0.334 e. The minimum absolute atomic E-state index is 0.388. The predicted octanol–water partition coefficient (Wildman–Crippen LogP) is 2.10. The number of aliphatic hydroxyl groups excluding tert-OH is 1. The lowest BCUT2D eigenvalue weighted by atomic mass is 10.2. The van der Waals surface area contributed by atoms with Crippen molar-refractivity contribution in [3.63, 3.8) is 0 Å². The van der Waals surface area contributed by atoms with Crippen LogP contribution in [-0.2, 0) is 13.6 Å². The molecule has 0 amide bonds. The van der Waals surface area contributed by atoms with Gasteiger partial charge in [0.15, 0.2) is 0 Å². The van der Waals surface area contributed by atoms with Crippen molar-refractivity contribution >= 4 is 8.56 Å². The molecular weight excluding hydrogens is 386 g/mol. The lowest BCUT2D eigenvalue weighted by Crippen LogP contribution is -2.39. The van der Waals surface area contributed by atoms with E-state index in [4.69, 9.17) is 13.6 Å². The molecule has 0 rings (SSSR count). The second-order valence-electron chi connectivity index (χ2n) is 8.45. The van der Waals surface area contributed by atoms with Gasteiger partial charge in [0, 0.05) is 26.4 Å². The summed E-state index contributed by atoms with van der Waals surface area (Å²) in [5, 5.41) is 10.4. The Morgan fingerprint density at radius 1 is 0.828 bits per heavy atom. The van der Waals surface area contributed by atoms with Gasteiger partial charge in [0.1, 0.15) is 0 Å². The molecule has 0 aliphatic carbocycles. The summed E-state index contributed by atoms with van der Waals surface area (Å²) < 4.78 is 17.5. The first-order valence-electron chi connectivity index (χ1n) is 11.3. The summed E-state index contributed by atoms with van der Waals surface area (Å²) in [5.41, 5.74) is 0. The number of aliphatic hydroxyl groups is 1. The molecule has 7 nitrogen and oxygen atoms in total. The van der Waals surface area contributed by atoms with E-state index in [0.29, 0.717) is 33.0 Å². The quantitative estimate of drug-likeness (QED) is 0.232. The molecule has 0 saturated heterocycles. The SMILES string of the molecule is CCO[Si](C)(CCCOCC(O)CN(CCCN(C)C)CCCN(C)C)OCC. The van der Waals surface area contributed by atoms with Gasteiger partial charge < -0.3 is 33.4 Å². The molecule has 176 valence electrons. The average Bonchev–Trinajstić information content (AvgIpc) is 2.61. The van der Waals surface area contributed by atoms with Gasteiger partial charge in [-0.2, -0.15) is 0 Å². The van der Waals surface area contributed by atoms with E-state index in [2.05, 4.69) is 49.4 Å². The molecule has 0 saturated carbocycles. The van der Waals surface area contributed by atoms with Gasteiger partial charge in [-0.25, -0.2) is 0 Å². The molecule has 8 heteroatoms. The van der Waals surface area contributed by atoms with Crippen LogP contribution in [0.4, 0.5) is 0 Å². The molecule has 0 aromatic rings. The largest absolute Gasteiger partial charge is 0.395 e. The van der Waals surface area contributed by atoms with Crippen molar-refractivity contribution in [3.05, 3.63) is 0 Å². The van der Waals surface area contributed by atoms with Crippen molar-refractivity contribution in [2.24, 2.45) is 0 Å². The molecule has 0 bridgehead atoms. The normalized spacial score (nSPS) is 13.8. The molecule has 0 radical (unpaired) electrons. The fourth-order valence-corrected chi connectivity index (χ4v) is 5.76. The van der Waals surface area contributed by atoms with Gasteiger partial charge in [-0.3, -0.25) is 0 Å². The lowest BCUT2D eigenvalue weighted by Gasteiger charge is -2.27. The lowest BCUT2D eigenvalue weighted by molar-refractivity contribution is 0.0154. The third-order valence-corrected chi connectivity index (χ3v) is 7.82. The zero-order valence-corrected chi connectivity index (χ0v) is 21.3. The van der Waals surface area contributed by atoms with Gasteiger partial charge in [-0.15, -0.1) is 0 Å². The van der Waals surface area contributed by atoms with E-state index >= 15 is 0 Å². The molecule has 29 heavy (non-hydrogen) atoms. The summed E-state index contributed by atoms with van der Waals surface area (Å²) in [6.07, 6.45) is 2.68. The number of hydrogen-bond donors (Lipinski definition) is 1. The second-order valence-corrected chi connectivity index (χ2v) is 11.8. The molecule has 0 spiro atoms. The molecule has 0 fully saturated rings. The minimum Gasteiger partial charge on any atom is -0.395 e. The van der Waals surface area contributed by atoms with Gasteiger partial charge in [0.2, 0.25) is 0 Å². The molecule has 0 aromatic heterocycles. The van der Waals surface area contributed by atoms with Gasteiger partial charge >= 0.3 is 8.56 Å². The van der Waals surface area contributed by atoms with Crippen molar-refractivity contribution in [3.8, 4) is 0 Å². The van der Waals surface area contributed by atoms with Crippen LogP contribution in [0.25, 0.3) is 0 Å². The van der Waals surface area contributed by atoms with Crippen molar-refractivity contribution in [1.29, 1.82) is 0 Å². The summed E-state index contributed by atoms with van der Waals surface area (Å²) in [7, 11) is 6.34. The summed E-state index contributed by atoms with van der Waals surface area (Å²) in [4.78, 5) is 6.79. The van der Waals surface area contributed by atoms with E-state index in [1.807, 2.05) is 13.8 Å². The van der Waals surface area contributed by atoms with Crippen LogP contribution in [0.2, 0.25) is 12.6 Å². The van der Waals surface area contributed by atoms with Gasteiger partial charge in [0.05, 0.1) is 12.7 Å². The Labute approximate surface area is 181 Å². The number of rotatable bonds is 20.